The van der Waals surface area contributed by atoms with Gasteiger partial charge in [0.05, 0.1) is 43.1 Å². The molecule has 0 amide bonds. The Morgan fingerprint density at radius 1 is 0.636 bits per heavy atom. The van der Waals surface area contributed by atoms with Crippen molar-refractivity contribution >= 4 is 46.2 Å². The second-order valence-electron chi connectivity index (χ2n) is 14.0. The molecule has 0 aromatic carbocycles. The summed E-state index contributed by atoms with van der Waals surface area (Å²) in [6.07, 6.45) is 5.13. The zero-order valence-electron chi connectivity index (χ0n) is 30.4. The van der Waals surface area contributed by atoms with Crippen molar-refractivity contribution in [2.75, 3.05) is 26.4 Å². The molecule has 0 unspecified atom stereocenters. The van der Waals surface area contributed by atoms with Crippen molar-refractivity contribution in [3.05, 3.63) is 64.6 Å². The van der Waals surface area contributed by atoms with Gasteiger partial charge in [0, 0.05) is 67.3 Å². The van der Waals surface area contributed by atoms with Gasteiger partial charge in [0.2, 0.25) is 0 Å². The van der Waals surface area contributed by atoms with Crippen molar-refractivity contribution in [3.63, 3.8) is 0 Å². The monoisotopic (exact) mass is 792 g/mol. The van der Waals surface area contributed by atoms with E-state index >= 15 is 0 Å². The third-order valence-corrected chi connectivity index (χ3v) is 12.6. The number of aromatic nitrogens is 4. The highest BCUT2D eigenvalue weighted by atomic mass is 32.1. The molecule has 0 atom stereocenters. The van der Waals surface area contributed by atoms with Gasteiger partial charge < -0.3 is 28.7 Å². The highest BCUT2D eigenvalue weighted by molar-refractivity contribution is 7.13. The maximum absolute atomic E-state index is 12.9. The Morgan fingerprint density at radius 2 is 1.05 bits per heavy atom. The molecule has 0 bridgehead atoms. The van der Waals surface area contributed by atoms with Crippen LogP contribution in [0.3, 0.4) is 0 Å². The summed E-state index contributed by atoms with van der Waals surface area (Å²) in [5, 5.41) is 26.9. The van der Waals surface area contributed by atoms with Gasteiger partial charge >= 0.3 is 11.9 Å². The highest BCUT2D eigenvalue weighted by Crippen LogP contribution is 2.43. The molecule has 16 heteroatoms. The first-order valence-corrected chi connectivity index (χ1v) is 19.5. The van der Waals surface area contributed by atoms with Crippen LogP contribution in [0.4, 0.5) is 0 Å². The van der Waals surface area contributed by atoms with Crippen LogP contribution in [-0.4, -0.2) is 80.4 Å². The van der Waals surface area contributed by atoms with E-state index in [4.69, 9.17) is 18.5 Å². The molecule has 2 aliphatic heterocycles. The van der Waals surface area contributed by atoms with E-state index in [1.807, 2.05) is 27.7 Å². The summed E-state index contributed by atoms with van der Waals surface area (Å²) in [6.45, 7) is 8.64. The fraction of sp³-hybridized carbons (Fsp3) is 0.487. The summed E-state index contributed by atoms with van der Waals surface area (Å²) in [4.78, 5) is 61.5. The highest BCUT2D eigenvalue weighted by Gasteiger charge is 2.33. The number of aryl methyl sites for hydroxylation is 2. The average Bonchev–Trinajstić information content (AvgIpc) is 4.05. The molecule has 2 aliphatic carbocycles. The lowest BCUT2D eigenvalue weighted by molar-refractivity contribution is -0.134. The lowest BCUT2D eigenvalue weighted by Crippen LogP contribution is -2.23. The Bertz CT molecular complexity index is 2060. The van der Waals surface area contributed by atoms with E-state index in [0.717, 1.165) is 79.1 Å². The summed E-state index contributed by atoms with van der Waals surface area (Å²) in [7, 11) is 0. The topological polar surface area (TPSA) is 205 Å². The number of hydrogen-bond donors (Lipinski definition) is 2. The van der Waals surface area contributed by atoms with Crippen LogP contribution < -0.4 is 0 Å². The zero-order chi connectivity index (χ0) is 38.3. The van der Waals surface area contributed by atoms with Crippen molar-refractivity contribution in [1.82, 2.24) is 20.3 Å². The van der Waals surface area contributed by atoms with Crippen LogP contribution in [0.25, 0.3) is 22.9 Å². The first-order chi connectivity index (χ1) is 25.9. The molecular weight excluding hydrogens is 749 g/mol. The maximum Gasteiger partial charge on any atom is 0.334 e. The second kappa shape index (κ2) is 16.6. The van der Waals surface area contributed by atoms with Gasteiger partial charge in [-0.15, -0.1) is 22.7 Å². The minimum atomic E-state index is -1.09. The van der Waals surface area contributed by atoms with Crippen LogP contribution >= 0.6 is 22.7 Å². The zero-order valence-corrected chi connectivity index (χ0v) is 32.0. The minimum Gasteiger partial charge on any atom is -0.478 e. The Balaban J connectivity index is 0.000000184. The number of thiophene rings is 2. The molecule has 8 rings (SSSR count). The van der Waals surface area contributed by atoms with E-state index < -0.39 is 11.9 Å². The molecule has 4 aromatic heterocycles. The number of Topliss-reactive ketones (excluding diaryl/α,β-unsaturated/α-hetero) is 2. The standard InChI is InChI=1S/2C19H20N2O5S.CH4/c1-9-10(2)27-15(16(9)18-20-17(21-26-18)11-3-4-11)7-14(22)13-8-25-6-5-12(13)19(23)24;1-9-10(2)27-15(16(9)18-20-17(21-26-18)11-3-4-11)7-14(22)12-5-6-25-8-13(12)19(23)24;/h2*11H,3-8H2,1-2H3,(H,23,24);1H4. The van der Waals surface area contributed by atoms with Gasteiger partial charge in [0.1, 0.15) is 0 Å². The Kier molecular flexibility index (Phi) is 12.1. The van der Waals surface area contributed by atoms with Crippen LogP contribution in [0.15, 0.2) is 31.3 Å². The molecule has 2 N–H and O–H groups in total. The fourth-order valence-corrected chi connectivity index (χ4v) is 8.89. The molecule has 55 heavy (non-hydrogen) atoms. The summed E-state index contributed by atoms with van der Waals surface area (Å²) in [6, 6.07) is 0. The molecule has 2 fully saturated rings. The molecule has 0 saturated heterocycles. The van der Waals surface area contributed by atoms with E-state index in [1.165, 1.54) is 22.7 Å². The van der Waals surface area contributed by atoms with Gasteiger partial charge in [-0.25, -0.2) is 9.59 Å². The molecule has 0 spiro atoms. The number of carboxylic acid groups (broad SMARTS) is 2. The predicted molar refractivity (Wildman–Crippen MR) is 202 cm³/mol. The predicted octanol–water partition coefficient (Wildman–Crippen LogP) is 7.05. The first-order valence-electron chi connectivity index (χ1n) is 17.9. The molecule has 14 nitrogen and oxygen atoms in total. The molecule has 292 valence electrons. The lowest BCUT2D eigenvalue weighted by atomic mass is 9.96. The van der Waals surface area contributed by atoms with E-state index in [9.17, 15) is 29.4 Å². The van der Waals surface area contributed by atoms with E-state index in [1.54, 1.807) is 0 Å². The number of carboxylic acids is 2. The molecular formula is C39H44N4O10S2. The second-order valence-corrected chi connectivity index (χ2v) is 16.6. The summed E-state index contributed by atoms with van der Waals surface area (Å²) in [5.41, 5.74) is 4.49. The Hall–Kier alpha value is -4.64. The largest absolute Gasteiger partial charge is 0.478 e. The third-order valence-electron chi connectivity index (χ3n) is 10.2. The normalized spacial score (nSPS) is 17.1. The minimum absolute atomic E-state index is 0. The first kappa shape index (κ1) is 40.0. The fourth-order valence-electron chi connectivity index (χ4n) is 6.55. The maximum atomic E-state index is 12.9. The van der Waals surface area contributed by atoms with Crippen LogP contribution in [0.5, 0.6) is 0 Å². The number of carbonyl (C=O) groups is 4. The quantitative estimate of drug-likeness (QED) is 0.148. The Labute approximate surface area is 325 Å². The Morgan fingerprint density at radius 3 is 1.49 bits per heavy atom. The number of ether oxygens (including phenoxy) is 2. The van der Waals surface area contributed by atoms with Gasteiger partial charge in [-0.2, -0.15) is 9.97 Å². The lowest BCUT2D eigenvalue weighted by Gasteiger charge is -2.17. The number of aliphatic carboxylic acids is 2. The van der Waals surface area contributed by atoms with Crippen molar-refractivity contribution in [1.29, 1.82) is 0 Å². The molecule has 4 aliphatic rings. The summed E-state index contributed by atoms with van der Waals surface area (Å²) >= 11 is 3.03. The van der Waals surface area contributed by atoms with Crippen LogP contribution in [0.2, 0.25) is 0 Å². The van der Waals surface area contributed by atoms with Crippen molar-refractivity contribution in [2.45, 2.75) is 98.3 Å². The molecule has 6 heterocycles. The summed E-state index contributed by atoms with van der Waals surface area (Å²) < 4.78 is 21.5. The van der Waals surface area contributed by atoms with E-state index in [2.05, 4.69) is 20.3 Å². The number of hydrogen-bond acceptors (Lipinski definition) is 14. The molecule has 2 saturated carbocycles. The number of rotatable bonds is 12. The average molecular weight is 793 g/mol. The van der Waals surface area contributed by atoms with Gasteiger partial charge in [0.25, 0.3) is 11.8 Å². The van der Waals surface area contributed by atoms with Crippen LogP contribution in [-0.2, 0) is 41.5 Å². The SMILES string of the molecule is C.Cc1sc(CC(=O)C2=C(C(=O)O)CCOC2)c(-c2nc(C3CC3)no2)c1C.Cc1sc(CC(=O)C2=C(C(=O)O)COCC2)c(-c2nc(C3CC3)no2)c1C. The van der Waals surface area contributed by atoms with E-state index in [0.29, 0.717) is 48.8 Å². The van der Waals surface area contributed by atoms with Crippen molar-refractivity contribution in [2.24, 2.45) is 0 Å². The number of ketones is 2. The van der Waals surface area contributed by atoms with Gasteiger partial charge in [0.15, 0.2) is 23.2 Å². The smallest absolute Gasteiger partial charge is 0.334 e. The van der Waals surface area contributed by atoms with Crippen molar-refractivity contribution < 1.29 is 47.9 Å². The number of carbonyl (C=O) groups excluding carboxylic acids is 2. The third kappa shape index (κ3) is 8.62. The van der Waals surface area contributed by atoms with Gasteiger partial charge in [-0.05, 0) is 70.9 Å². The van der Waals surface area contributed by atoms with Crippen LogP contribution in [0.1, 0.15) is 100 Å². The molecule has 0 radical (unpaired) electrons. The van der Waals surface area contributed by atoms with Gasteiger partial charge in [-0.3, -0.25) is 9.59 Å². The number of nitrogens with zero attached hydrogens (tertiary/aromatic N) is 4. The molecule has 4 aromatic rings. The van der Waals surface area contributed by atoms with E-state index in [-0.39, 0.29) is 68.2 Å². The van der Waals surface area contributed by atoms with Crippen LogP contribution in [0, 0.1) is 27.7 Å². The summed E-state index contributed by atoms with van der Waals surface area (Å²) in [5.74, 6) is 0.557. The van der Waals surface area contributed by atoms with Crippen molar-refractivity contribution in [3.8, 4) is 22.9 Å². The van der Waals surface area contributed by atoms with Gasteiger partial charge in [-0.1, -0.05) is 17.7 Å².